The summed E-state index contributed by atoms with van der Waals surface area (Å²) < 4.78 is 20.7. The van der Waals surface area contributed by atoms with E-state index >= 15 is 0 Å². The smallest absolute Gasteiger partial charge is 0.256 e. The second-order valence-corrected chi connectivity index (χ2v) is 6.06. The first-order chi connectivity index (χ1) is 7.16. The predicted octanol–water partition coefficient (Wildman–Crippen LogP) is 0.0108. The van der Waals surface area contributed by atoms with Gasteiger partial charge in [0.15, 0.2) is 0 Å². The Morgan fingerprint density at radius 2 is 2.27 bits per heavy atom. The number of hydrogen-bond donors (Lipinski definition) is 1. The molecule has 15 heavy (non-hydrogen) atoms. The van der Waals surface area contributed by atoms with Crippen LogP contribution in [0.5, 0.6) is 0 Å². The summed E-state index contributed by atoms with van der Waals surface area (Å²) in [7, 11) is -0.768. The number of carbonyl (C=O) groups excluding carboxylic acids is 1. The number of ether oxygens (including phenoxy) is 1. The van der Waals surface area contributed by atoms with Crippen molar-refractivity contribution in [2.24, 2.45) is 4.36 Å². The molecule has 0 bridgehead atoms. The summed E-state index contributed by atoms with van der Waals surface area (Å²) in [6.45, 7) is 1.88. The monoisotopic (exact) mass is 234 g/mol. The van der Waals surface area contributed by atoms with Crippen LogP contribution in [0.4, 0.5) is 0 Å². The average molecular weight is 234 g/mol. The standard InChI is InChI=1S/C9H18N2O3S/c1-14-6-3-9(12)11-15(13)7-2-4-10-5-8-15/h10H,2-8H2,1H3. The number of carbonyl (C=O) groups is 1. The van der Waals surface area contributed by atoms with E-state index in [1.807, 2.05) is 0 Å². The zero-order valence-electron chi connectivity index (χ0n) is 9.03. The minimum atomic E-state index is -2.30. The summed E-state index contributed by atoms with van der Waals surface area (Å²) in [4.78, 5) is 11.3. The van der Waals surface area contributed by atoms with Gasteiger partial charge in [0.1, 0.15) is 0 Å². The Labute approximate surface area is 90.8 Å². The van der Waals surface area contributed by atoms with Crippen LogP contribution in [0.1, 0.15) is 12.8 Å². The van der Waals surface area contributed by atoms with Gasteiger partial charge in [0, 0.05) is 25.2 Å². The molecule has 1 fully saturated rings. The Balaban J connectivity index is 2.61. The summed E-state index contributed by atoms with van der Waals surface area (Å²) in [5.74, 6) is 0.702. The van der Waals surface area contributed by atoms with Crippen LogP contribution in [0.3, 0.4) is 0 Å². The lowest BCUT2D eigenvalue weighted by Gasteiger charge is -2.04. The van der Waals surface area contributed by atoms with E-state index in [1.54, 1.807) is 0 Å². The van der Waals surface area contributed by atoms with Crippen molar-refractivity contribution in [1.82, 2.24) is 5.32 Å². The Kier molecular flexibility index (Phi) is 5.21. The van der Waals surface area contributed by atoms with Crippen LogP contribution < -0.4 is 5.32 Å². The van der Waals surface area contributed by atoms with Gasteiger partial charge in [0.25, 0.3) is 5.91 Å². The van der Waals surface area contributed by atoms with Gasteiger partial charge in [-0.1, -0.05) is 0 Å². The SMILES string of the molecule is COCCC(=O)N=S1(=O)CCCNCC1. The van der Waals surface area contributed by atoms with Crippen molar-refractivity contribution < 1.29 is 13.7 Å². The third-order valence-electron chi connectivity index (χ3n) is 2.20. The quantitative estimate of drug-likeness (QED) is 0.747. The van der Waals surface area contributed by atoms with Crippen LogP contribution in [0.2, 0.25) is 0 Å². The van der Waals surface area contributed by atoms with Gasteiger partial charge in [-0.25, -0.2) is 4.21 Å². The minimum Gasteiger partial charge on any atom is -0.384 e. The molecule has 6 heteroatoms. The van der Waals surface area contributed by atoms with Crippen LogP contribution >= 0.6 is 0 Å². The van der Waals surface area contributed by atoms with Crippen molar-refractivity contribution in [3.8, 4) is 0 Å². The molecule has 1 unspecified atom stereocenters. The van der Waals surface area contributed by atoms with Gasteiger partial charge >= 0.3 is 0 Å². The highest BCUT2D eigenvalue weighted by molar-refractivity contribution is 7.93. The lowest BCUT2D eigenvalue weighted by atomic mass is 10.4. The zero-order valence-corrected chi connectivity index (χ0v) is 9.85. The summed E-state index contributed by atoms with van der Waals surface area (Å²) in [6, 6.07) is 0. The normalized spacial score (nSPS) is 27.0. The van der Waals surface area contributed by atoms with Crippen molar-refractivity contribution in [3.63, 3.8) is 0 Å². The highest BCUT2D eigenvalue weighted by atomic mass is 32.2. The van der Waals surface area contributed by atoms with Crippen molar-refractivity contribution in [1.29, 1.82) is 0 Å². The number of amides is 1. The summed E-state index contributed by atoms with van der Waals surface area (Å²) in [6.07, 6.45) is 1.04. The van der Waals surface area contributed by atoms with E-state index in [2.05, 4.69) is 9.68 Å². The lowest BCUT2D eigenvalue weighted by Crippen LogP contribution is -2.19. The second kappa shape index (κ2) is 6.19. The predicted molar refractivity (Wildman–Crippen MR) is 59.3 cm³/mol. The number of rotatable bonds is 3. The van der Waals surface area contributed by atoms with Gasteiger partial charge in [-0.15, -0.1) is 0 Å². The Morgan fingerprint density at radius 3 is 3.00 bits per heavy atom. The van der Waals surface area contributed by atoms with E-state index < -0.39 is 9.73 Å². The molecule has 1 heterocycles. The molecule has 88 valence electrons. The summed E-state index contributed by atoms with van der Waals surface area (Å²) in [5.41, 5.74) is 0. The molecule has 1 amide bonds. The maximum Gasteiger partial charge on any atom is 0.256 e. The van der Waals surface area contributed by atoms with Crippen molar-refractivity contribution in [2.45, 2.75) is 12.8 Å². The third kappa shape index (κ3) is 4.72. The van der Waals surface area contributed by atoms with Crippen LogP contribution in [0.25, 0.3) is 0 Å². The molecule has 5 nitrogen and oxygen atoms in total. The molecule has 1 rings (SSSR count). The molecular formula is C9H18N2O3S. The van der Waals surface area contributed by atoms with Gasteiger partial charge in [-0.2, -0.15) is 4.36 Å². The fourth-order valence-corrected chi connectivity index (χ4v) is 3.30. The number of methoxy groups -OCH3 is 1. The van der Waals surface area contributed by atoms with Gasteiger partial charge in [-0.05, 0) is 13.0 Å². The van der Waals surface area contributed by atoms with Gasteiger partial charge in [0.05, 0.1) is 22.8 Å². The van der Waals surface area contributed by atoms with Gasteiger partial charge in [-0.3, -0.25) is 4.79 Å². The lowest BCUT2D eigenvalue weighted by molar-refractivity contribution is -0.118. The Hall–Kier alpha value is -0.460. The number of hydrogen-bond acceptors (Lipinski definition) is 4. The maximum atomic E-state index is 12.1. The largest absolute Gasteiger partial charge is 0.384 e. The fourth-order valence-electron chi connectivity index (χ4n) is 1.39. The zero-order chi connectivity index (χ0) is 11.1. The minimum absolute atomic E-state index is 0.223. The first kappa shape index (κ1) is 12.6. The van der Waals surface area contributed by atoms with Crippen LogP contribution in [0, 0.1) is 0 Å². The fraction of sp³-hybridized carbons (Fsp3) is 0.889. The van der Waals surface area contributed by atoms with E-state index in [-0.39, 0.29) is 12.3 Å². The van der Waals surface area contributed by atoms with E-state index in [4.69, 9.17) is 4.74 Å². The Morgan fingerprint density at radius 1 is 1.47 bits per heavy atom. The highest BCUT2D eigenvalue weighted by Gasteiger charge is 2.14. The highest BCUT2D eigenvalue weighted by Crippen LogP contribution is 2.04. The molecule has 0 saturated carbocycles. The molecule has 0 aliphatic carbocycles. The van der Waals surface area contributed by atoms with Crippen molar-refractivity contribution in [2.75, 3.05) is 38.3 Å². The average Bonchev–Trinajstić information content (AvgIpc) is 2.40. The van der Waals surface area contributed by atoms with E-state index in [1.165, 1.54) is 7.11 Å². The van der Waals surface area contributed by atoms with Crippen molar-refractivity contribution in [3.05, 3.63) is 0 Å². The van der Waals surface area contributed by atoms with Crippen LogP contribution in [0.15, 0.2) is 4.36 Å². The third-order valence-corrected chi connectivity index (χ3v) is 4.51. The Bertz CT molecular complexity index is 307. The topological polar surface area (TPSA) is 67.8 Å². The van der Waals surface area contributed by atoms with E-state index in [0.717, 1.165) is 13.0 Å². The molecule has 0 aromatic carbocycles. The molecule has 0 radical (unpaired) electrons. The van der Waals surface area contributed by atoms with Gasteiger partial charge < -0.3 is 10.1 Å². The maximum absolute atomic E-state index is 12.1. The van der Waals surface area contributed by atoms with Crippen molar-refractivity contribution >= 4 is 15.6 Å². The molecule has 1 aliphatic heterocycles. The first-order valence-corrected chi connectivity index (χ1v) is 6.97. The second-order valence-electron chi connectivity index (χ2n) is 3.51. The number of nitrogens with zero attached hydrogens (tertiary/aromatic N) is 1. The molecule has 0 aromatic rings. The molecule has 0 aromatic heterocycles. The summed E-state index contributed by atoms with van der Waals surface area (Å²) >= 11 is 0. The molecule has 1 atom stereocenters. The first-order valence-electron chi connectivity index (χ1n) is 5.11. The van der Waals surface area contributed by atoms with E-state index in [9.17, 15) is 9.00 Å². The molecular weight excluding hydrogens is 216 g/mol. The van der Waals surface area contributed by atoms with Gasteiger partial charge in [0.2, 0.25) is 0 Å². The molecule has 0 spiro atoms. The number of nitrogens with one attached hydrogen (secondary N) is 1. The molecule has 1 saturated heterocycles. The van der Waals surface area contributed by atoms with Crippen LogP contribution in [-0.4, -0.2) is 48.4 Å². The summed E-state index contributed by atoms with van der Waals surface area (Å²) in [5, 5.41) is 3.14. The van der Waals surface area contributed by atoms with Crippen LogP contribution in [-0.2, 0) is 19.3 Å². The van der Waals surface area contributed by atoms with E-state index in [0.29, 0.717) is 24.7 Å². The molecule has 1 aliphatic rings. The molecule has 1 N–H and O–H groups in total.